The minimum Gasteiger partial charge on any atom is -0.455 e. The first-order chi connectivity index (χ1) is 14.9. The highest BCUT2D eigenvalue weighted by atomic mass is 35.5. The van der Waals surface area contributed by atoms with Gasteiger partial charge in [0.1, 0.15) is 5.75 Å². The molecule has 4 rings (SSSR count). The molecule has 0 saturated carbocycles. The van der Waals surface area contributed by atoms with Gasteiger partial charge in [0.15, 0.2) is 5.75 Å². The molecule has 1 aliphatic heterocycles. The SMILES string of the molecule is Cc1ccc(Oc2ccc(Cl)cc2NC(=O)c2ccc(N3C(=O)CCC3=O)cc2)cc1. The lowest BCUT2D eigenvalue weighted by molar-refractivity contribution is -0.121. The van der Waals surface area contributed by atoms with E-state index in [2.05, 4.69) is 5.32 Å². The summed E-state index contributed by atoms with van der Waals surface area (Å²) in [6, 6.07) is 18.8. The van der Waals surface area contributed by atoms with Crippen LogP contribution in [0.4, 0.5) is 11.4 Å². The van der Waals surface area contributed by atoms with Crippen LogP contribution in [-0.4, -0.2) is 17.7 Å². The summed E-state index contributed by atoms with van der Waals surface area (Å²) in [5.41, 5.74) is 2.35. The van der Waals surface area contributed by atoms with E-state index in [9.17, 15) is 14.4 Å². The van der Waals surface area contributed by atoms with Crippen molar-refractivity contribution in [3.05, 3.63) is 82.9 Å². The lowest BCUT2D eigenvalue weighted by Gasteiger charge is -2.15. The number of amides is 3. The minimum absolute atomic E-state index is 0.208. The predicted octanol–water partition coefficient (Wildman–Crippen LogP) is 5.35. The molecule has 0 unspecified atom stereocenters. The van der Waals surface area contributed by atoms with Crippen LogP contribution in [0.5, 0.6) is 11.5 Å². The van der Waals surface area contributed by atoms with Crippen molar-refractivity contribution in [2.45, 2.75) is 19.8 Å². The molecule has 3 amide bonds. The van der Waals surface area contributed by atoms with Gasteiger partial charge in [0.2, 0.25) is 11.8 Å². The maximum Gasteiger partial charge on any atom is 0.255 e. The van der Waals surface area contributed by atoms with Crippen molar-refractivity contribution < 1.29 is 19.1 Å². The van der Waals surface area contributed by atoms with Gasteiger partial charge in [-0.1, -0.05) is 29.3 Å². The molecule has 0 aromatic heterocycles. The third kappa shape index (κ3) is 4.59. The summed E-state index contributed by atoms with van der Waals surface area (Å²) in [5, 5.41) is 3.26. The van der Waals surface area contributed by atoms with Crippen LogP contribution in [0.15, 0.2) is 66.7 Å². The molecule has 7 heteroatoms. The Morgan fingerprint density at radius 3 is 2.23 bits per heavy atom. The van der Waals surface area contributed by atoms with Gasteiger partial charge in [0.25, 0.3) is 5.91 Å². The monoisotopic (exact) mass is 434 g/mol. The first-order valence-corrected chi connectivity index (χ1v) is 10.1. The molecule has 3 aromatic carbocycles. The second kappa shape index (κ2) is 8.62. The average Bonchev–Trinajstić information content (AvgIpc) is 3.09. The standard InChI is InChI=1S/C24H19ClN2O4/c1-15-2-9-19(10-3-15)31-21-11-6-17(25)14-20(21)26-24(30)16-4-7-18(8-5-16)27-22(28)12-13-23(27)29/h2-11,14H,12-13H2,1H3,(H,26,30). The van der Waals surface area contributed by atoms with Crippen LogP contribution in [0.2, 0.25) is 5.02 Å². The number of benzene rings is 3. The van der Waals surface area contributed by atoms with Gasteiger partial charge in [-0.3, -0.25) is 19.3 Å². The van der Waals surface area contributed by atoms with E-state index in [1.165, 1.54) is 0 Å². The maximum atomic E-state index is 12.8. The number of imide groups is 1. The third-order valence-electron chi connectivity index (χ3n) is 4.88. The molecule has 1 fully saturated rings. The third-order valence-corrected chi connectivity index (χ3v) is 5.11. The number of nitrogens with one attached hydrogen (secondary N) is 1. The highest BCUT2D eigenvalue weighted by molar-refractivity contribution is 6.31. The van der Waals surface area contributed by atoms with E-state index in [1.54, 1.807) is 42.5 Å². The molecule has 0 bridgehead atoms. The molecule has 156 valence electrons. The lowest BCUT2D eigenvalue weighted by atomic mass is 10.1. The highest BCUT2D eigenvalue weighted by Gasteiger charge is 2.30. The van der Waals surface area contributed by atoms with Crippen LogP contribution >= 0.6 is 11.6 Å². The zero-order chi connectivity index (χ0) is 22.0. The number of ether oxygens (including phenoxy) is 1. The Morgan fingerprint density at radius 2 is 1.58 bits per heavy atom. The largest absolute Gasteiger partial charge is 0.455 e. The summed E-state index contributed by atoms with van der Waals surface area (Å²) in [7, 11) is 0. The van der Waals surface area contributed by atoms with E-state index in [0.717, 1.165) is 10.5 Å². The molecule has 1 saturated heterocycles. The summed E-state index contributed by atoms with van der Waals surface area (Å²) >= 11 is 6.11. The molecule has 1 N–H and O–H groups in total. The van der Waals surface area contributed by atoms with Gasteiger partial charge >= 0.3 is 0 Å². The second-order valence-corrected chi connectivity index (χ2v) is 7.62. The van der Waals surface area contributed by atoms with Crippen molar-refractivity contribution in [1.29, 1.82) is 0 Å². The van der Waals surface area contributed by atoms with Crippen LogP contribution in [0, 0.1) is 6.92 Å². The fraction of sp³-hybridized carbons (Fsp3) is 0.125. The van der Waals surface area contributed by atoms with Gasteiger partial charge < -0.3 is 10.1 Å². The number of nitrogens with zero attached hydrogens (tertiary/aromatic N) is 1. The van der Waals surface area contributed by atoms with Crippen LogP contribution in [0.1, 0.15) is 28.8 Å². The van der Waals surface area contributed by atoms with E-state index < -0.39 is 0 Å². The van der Waals surface area contributed by atoms with Crippen molar-refractivity contribution >= 4 is 40.7 Å². The number of rotatable bonds is 5. The zero-order valence-electron chi connectivity index (χ0n) is 16.7. The molecule has 6 nitrogen and oxygen atoms in total. The Balaban J connectivity index is 1.53. The average molecular weight is 435 g/mol. The smallest absolute Gasteiger partial charge is 0.255 e. The summed E-state index contributed by atoms with van der Waals surface area (Å²) < 4.78 is 5.91. The van der Waals surface area contributed by atoms with Crippen molar-refractivity contribution in [3.63, 3.8) is 0 Å². The molecule has 1 heterocycles. The number of hydrogen-bond acceptors (Lipinski definition) is 4. The number of anilines is 2. The Bertz CT molecular complexity index is 1140. The summed E-state index contributed by atoms with van der Waals surface area (Å²) in [5.74, 6) is 0.235. The van der Waals surface area contributed by atoms with Gasteiger partial charge in [-0.15, -0.1) is 0 Å². The second-order valence-electron chi connectivity index (χ2n) is 7.18. The van der Waals surface area contributed by atoms with Crippen molar-refractivity contribution in [1.82, 2.24) is 0 Å². The molecular formula is C24H19ClN2O4. The Labute approximate surface area is 184 Å². The predicted molar refractivity (Wildman–Crippen MR) is 119 cm³/mol. The quantitative estimate of drug-likeness (QED) is 0.549. The van der Waals surface area contributed by atoms with E-state index in [-0.39, 0.29) is 30.6 Å². The Kier molecular flexibility index (Phi) is 5.73. The van der Waals surface area contributed by atoms with Gasteiger partial charge in [0.05, 0.1) is 11.4 Å². The fourth-order valence-corrected chi connectivity index (χ4v) is 3.42. The van der Waals surface area contributed by atoms with Crippen LogP contribution < -0.4 is 15.0 Å². The number of carbonyl (C=O) groups is 3. The maximum absolute atomic E-state index is 12.8. The number of halogens is 1. The molecule has 1 aliphatic rings. The van der Waals surface area contributed by atoms with Crippen LogP contribution in [-0.2, 0) is 9.59 Å². The number of hydrogen-bond donors (Lipinski definition) is 1. The first-order valence-electron chi connectivity index (χ1n) is 9.72. The van der Waals surface area contributed by atoms with Crippen molar-refractivity contribution in [3.8, 4) is 11.5 Å². The van der Waals surface area contributed by atoms with E-state index >= 15 is 0 Å². The molecule has 0 radical (unpaired) electrons. The van der Waals surface area contributed by atoms with Crippen LogP contribution in [0.3, 0.4) is 0 Å². The van der Waals surface area contributed by atoms with E-state index in [4.69, 9.17) is 16.3 Å². The minimum atomic E-state index is -0.373. The summed E-state index contributed by atoms with van der Waals surface area (Å²) in [6.45, 7) is 1.98. The number of aryl methyl sites for hydroxylation is 1. The highest BCUT2D eigenvalue weighted by Crippen LogP contribution is 2.33. The Morgan fingerprint density at radius 1 is 0.935 bits per heavy atom. The summed E-state index contributed by atoms with van der Waals surface area (Å²) in [4.78, 5) is 37.7. The van der Waals surface area contributed by atoms with Gasteiger partial charge in [-0.2, -0.15) is 0 Å². The van der Waals surface area contributed by atoms with Crippen molar-refractivity contribution in [2.75, 3.05) is 10.2 Å². The number of carbonyl (C=O) groups excluding carboxylic acids is 3. The van der Waals surface area contributed by atoms with Gasteiger partial charge in [-0.05, 0) is 61.5 Å². The lowest BCUT2D eigenvalue weighted by Crippen LogP contribution is -2.28. The molecular weight excluding hydrogens is 416 g/mol. The van der Waals surface area contributed by atoms with Crippen LogP contribution in [0.25, 0.3) is 0 Å². The first kappa shape index (κ1) is 20.6. The molecule has 0 aliphatic carbocycles. The molecule has 0 atom stereocenters. The van der Waals surface area contributed by atoms with E-state index in [1.807, 2.05) is 31.2 Å². The Hall–Kier alpha value is -3.64. The molecule has 31 heavy (non-hydrogen) atoms. The normalized spacial score (nSPS) is 13.4. The van der Waals surface area contributed by atoms with Gasteiger partial charge in [0, 0.05) is 23.4 Å². The topological polar surface area (TPSA) is 75.7 Å². The van der Waals surface area contributed by atoms with Gasteiger partial charge in [-0.25, -0.2) is 0 Å². The summed E-state index contributed by atoms with van der Waals surface area (Å²) in [6.07, 6.45) is 0.416. The molecule has 3 aromatic rings. The fourth-order valence-electron chi connectivity index (χ4n) is 3.24. The van der Waals surface area contributed by atoms with Crippen molar-refractivity contribution in [2.24, 2.45) is 0 Å². The van der Waals surface area contributed by atoms with E-state index in [0.29, 0.717) is 33.5 Å². The molecule has 0 spiro atoms. The zero-order valence-corrected chi connectivity index (χ0v) is 17.5.